The number of rotatable bonds is 0. The summed E-state index contributed by atoms with van der Waals surface area (Å²) in [6, 6.07) is 4.17. The largest absolute Gasteiger partial charge is 0.345 e. The van der Waals surface area contributed by atoms with Crippen LogP contribution in [-0.2, 0) is 0 Å². The fourth-order valence-corrected chi connectivity index (χ4v) is 2.08. The van der Waals surface area contributed by atoms with Crippen LogP contribution in [0.5, 0.6) is 0 Å². The maximum Gasteiger partial charge on any atom is 0.116 e. The van der Waals surface area contributed by atoms with Crippen LogP contribution < -0.4 is 0 Å². The molecule has 1 N–H and O–H groups in total. The molecule has 0 bridgehead atoms. The molecular formula is C11H6N4. The number of benzene rings is 1. The number of imidazole rings is 1. The number of hydrogen-bond donors (Lipinski definition) is 1. The lowest BCUT2D eigenvalue weighted by atomic mass is 9.85. The molecule has 0 amide bonds. The Labute approximate surface area is 85.0 Å². The van der Waals surface area contributed by atoms with Gasteiger partial charge in [-0.25, -0.2) is 15.0 Å². The molecule has 4 rings (SSSR count). The van der Waals surface area contributed by atoms with Crippen molar-refractivity contribution in [3.63, 3.8) is 0 Å². The van der Waals surface area contributed by atoms with Crippen molar-refractivity contribution in [3.05, 3.63) is 31.0 Å². The monoisotopic (exact) mass is 194 g/mol. The molecule has 1 aromatic carbocycles. The second kappa shape index (κ2) is 2.23. The van der Waals surface area contributed by atoms with Crippen LogP contribution in [0.15, 0.2) is 31.0 Å². The van der Waals surface area contributed by atoms with Crippen LogP contribution in [-0.4, -0.2) is 19.9 Å². The molecule has 0 saturated carbocycles. The Kier molecular flexibility index (Phi) is 1.06. The maximum atomic E-state index is 4.25. The van der Waals surface area contributed by atoms with Gasteiger partial charge in [0.1, 0.15) is 6.33 Å². The third-order valence-electron chi connectivity index (χ3n) is 2.82. The summed E-state index contributed by atoms with van der Waals surface area (Å²) in [5.41, 5.74) is 6.59. The van der Waals surface area contributed by atoms with Gasteiger partial charge in [0, 0.05) is 17.3 Å². The third-order valence-corrected chi connectivity index (χ3v) is 2.82. The van der Waals surface area contributed by atoms with E-state index in [0.717, 1.165) is 22.3 Å². The van der Waals surface area contributed by atoms with Gasteiger partial charge >= 0.3 is 0 Å². The molecule has 4 nitrogen and oxygen atoms in total. The molecule has 70 valence electrons. The normalized spacial score (nSPS) is 12.0. The van der Waals surface area contributed by atoms with Crippen molar-refractivity contribution in [2.75, 3.05) is 0 Å². The molecule has 0 unspecified atom stereocenters. The minimum absolute atomic E-state index is 0.989. The van der Waals surface area contributed by atoms with E-state index < -0.39 is 0 Å². The molecule has 0 radical (unpaired) electrons. The van der Waals surface area contributed by atoms with Crippen molar-refractivity contribution in [1.82, 2.24) is 19.9 Å². The predicted molar refractivity (Wildman–Crippen MR) is 56.1 cm³/mol. The van der Waals surface area contributed by atoms with Crippen LogP contribution in [0.2, 0.25) is 0 Å². The number of aromatic nitrogens is 4. The summed E-state index contributed by atoms with van der Waals surface area (Å²) >= 11 is 0. The summed E-state index contributed by atoms with van der Waals surface area (Å²) in [6.07, 6.45) is 5.14. The van der Waals surface area contributed by atoms with E-state index >= 15 is 0 Å². The van der Waals surface area contributed by atoms with Gasteiger partial charge < -0.3 is 4.98 Å². The van der Waals surface area contributed by atoms with Gasteiger partial charge in [-0.3, -0.25) is 0 Å². The summed E-state index contributed by atoms with van der Waals surface area (Å²) in [5, 5.41) is 0. The predicted octanol–water partition coefficient (Wildman–Crippen LogP) is 2.00. The summed E-state index contributed by atoms with van der Waals surface area (Å²) in [6.45, 7) is 0. The number of nitrogens with zero attached hydrogens (tertiary/aromatic N) is 3. The summed E-state index contributed by atoms with van der Waals surface area (Å²) in [4.78, 5) is 15.6. The molecule has 0 aliphatic heterocycles. The highest BCUT2D eigenvalue weighted by Crippen LogP contribution is 2.46. The minimum atomic E-state index is 0.989. The second-order valence-electron chi connectivity index (χ2n) is 3.60. The molecule has 2 aromatic heterocycles. The Morgan fingerprint density at radius 1 is 1.00 bits per heavy atom. The number of fused-ring (bicyclic) bond motifs is 5. The first-order valence-electron chi connectivity index (χ1n) is 4.71. The smallest absolute Gasteiger partial charge is 0.116 e. The number of H-pyrrole nitrogens is 1. The first kappa shape index (κ1) is 7.11. The Balaban J connectivity index is 2.12. The molecule has 0 saturated heterocycles. The van der Waals surface area contributed by atoms with Gasteiger partial charge in [0.05, 0.1) is 23.1 Å². The molecule has 1 aliphatic rings. The van der Waals surface area contributed by atoms with E-state index in [1.165, 1.54) is 11.1 Å². The van der Waals surface area contributed by atoms with Crippen molar-refractivity contribution >= 4 is 11.0 Å². The summed E-state index contributed by atoms with van der Waals surface area (Å²) in [5.74, 6) is 0. The van der Waals surface area contributed by atoms with Crippen LogP contribution in [0.25, 0.3) is 33.4 Å². The molecule has 4 heteroatoms. The fraction of sp³-hybridized carbons (Fsp3) is 0. The first-order chi connectivity index (χ1) is 7.43. The van der Waals surface area contributed by atoms with Crippen molar-refractivity contribution in [3.8, 4) is 22.4 Å². The zero-order valence-electron chi connectivity index (χ0n) is 7.73. The lowest BCUT2D eigenvalue weighted by Crippen LogP contribution is -2.01. The van der Waals surface area contributed by atoms with Crippen molar-refractivity contribution in [2.45, 2.75) is 0 Å². The molecule has 0 atom stereocenters. The van der Waals surface area contributed by atoms with E-state index in [9.17, 15) is 0 Å². The van der Waals surface area contributed by atoms with Crippen LogP contribution in [0, 0.1) is 0 Å². The Hall–Kier alpha value is -2.23. The van der Waals surface area contributed by atoms with Crippen LogP contribution in [0.4, 0.5) is 0 Å². The van der Waals surface area contributed by atoms with Gasteiger partial charge in [0.15, 0.2) is 0 Å². The minimum Gasteiger partial charge on any atom is -0.345 e. The topological polar surface area (TPSA) is 54.5 Å². The SMILES string of the molecule is c1ncc2c(n1)-c1cc3[nH]cnc3cc1-2. The third kappa shape index (κ3) is 0.747. The number of nitrogens with one attached hydrogen (secondary N) is 1. The number of aromatic amines is 1. The lowest BCUT2D eigenvalue weighted by molar-refractivity contribution is 1.16. The molecule has 0 fully saturated rings. The van der Waals surface area contributed by atoms with Crippen molar-refractivity contribution in [2.24, 2.45) is 0 Å². The maximum absolute atomic E-state index is 4.25. The average Bonchev–Trinajstić information content (AvgIpc) is 2.72. The zero-order chi connectivity index (χ0) is 9.83. The first-order valence-corrected chi connectivity index (χ1v) is 4.71. The number of hydrogen-bond acceptors (Lipinski definition) is 3. The highest BCUT2D eigenvalue weighted by Gasteiger charge is 2.24. The molecular weight excluding hydrogens is 188 g/mol. The van der Waals surface area contributed by atoms with E-state index in [1.807, 2.05) is 6.20 Å². The molecule has 2 heterocycles. The lowest BCUT2D eigenvalue weighted by Gasteiger charge is -2.21. The van der Waals surface area contributed by atoms with Gasteiger partial charge in [0.2, 0.25) is 0 Å². The Bertz CT molecular complexity index is 627. The van der Waals surface area contributed by atoms with Crippen LogP contribution in [0.3, 0.4) is 0 Å². The van der Waals surface area contributed by atoms with E-state index in [-0.39, 0.29) is 0 Å². The fourth-order valence-electron chi connectivity index (χ4n) is 2.08. The van der Waals surface area contributed by atoms with Gasteiger partial charge in [-0.15, -0.1) is 0 Å². The summed E-state index contributed by atoms with van der Waals surface area (Å²) in [7, 11) is 0. The van der Waals surface area contributed by atoms with Crippen LogP contribution >= 0.6 is 0 Å². The highest BCUT2D eigenvalue weighted by molar-refractivity contribution is 6.04. The Morgan fingerprint density at radius 2 is 2.00 bits per heavy atom. The van der Waals surface area contributed by atoms with Gasteiger partial charge in [0.25, 0.3) is 0 Å². The van der Waals surface area contributed by atoms with Crippen LogP contribution in [0.1, 0.15) is 0 Å². The highest BCUT2D eigenvalue weighted by atomic mass is 14.9. The Morgan fingerprint density at radius 3 is 3.00 bits per heavy atom. The molecule has 15 heavy (non-hydrogen) atoms. The summed E-state index contributed by atoms with van der Waals surface area (Å²) < 4.78 is 0. The standard InChI is InChI=1S/C11H6N4/c1-6-7(2-10-9(1)13-5-14-10)11-8(6)3-12-4-15-11/h1-5H,(H,13,14). The van der Waals surface area contributed by atoms with E-state index in [0.29, 0.717) is 0 Å². The van der Waals surface area contributed by atoms with Gasteiger partial charge in [-0.05, 0) is 17.7 Å². The van der Waals surface area contributed by atoms with Gasteiger partial charge in [-0.2, -0.15) is 0 Å². The van der Waals surface area contributed by atoms with E-state index in [4.69, 9.17) is 0 Å². The average molecular weight is 194 g/mol. The molecule has 1 aliphatic carbocycles. The quantitative estimate of drug-likeness (QED) is 0.465. The zero-order valence-corrected chi connectivity index (χ0v) is 7.73. The van der Waals surface area contributed by atoms with E-state index in [2.05, 4.69) is 32.1 Å². The second-order valence-corrected chi connectivity index (χ2v) is 3.60. The van der Waals surface area contributed by atoms with E-state index in [1.54, 1.807) is 12.7 Å². The van der Waals surface area contributed by atoms with Gasteiger partial charge in [-0.1, -0.05) is 0 Å². The van der Waals surface area contributed by atoms with Crippen molar-refractivity contribution in [1.29, 1.82) is 0 Å². The molecule has 3 aromatic rings. The molecule has 0 spiro atoms. The van der Waals surface area contributed by atoms with Crippen molar-refractivity contribution < 1.29 is 0 Å².